The molecule has 1 aromatic heterocycles. The fourth-order valence-electron chi connectivity index (χ4n) is 5.11. The van der Waals surface area contributed by atoms with E-state index in [2.05, 4.69) is 11.1 Å². The first-order chi connectivity index (χ1) is 22.2. The summed E-state index contributed by atoms with van der Waals surface area (Å²) in [4.78, 5) is 32.6. The maximum absolute atomic E-state index is 14.2. The summed E-state index contributed by atoms with van der Waals surface area (Å²) in [6.45, 7) is 3.80. The number of nitrogens with zero attached hydrogens (tertiary/aromatic N) is 3. The molecule has 2 heterocycles. The molecule has 3 aromatic carbocycles. The van der Waals surface area contributed by atoms with Crippen molar-refractivity contribution in [2.45, 2.75) is 26.5 Å². The molecular weight excluding hydrogens is 630 g/mol. The third kappa shape index (κ3) is 6.36. The maximum Gasteiger partial charge on any atom is 0.338 e. The van der Waals surface area contributed by atoms with Crippen molar-refractivity contribution in [2.75, 3.05) is 27.9 Å². The Balaban J connectivity index is 1.65. The number of hydrogen-bond acceptors (Lipinski definition) is 10. The number of halogens is 1. The molecule has 1 aliphatic rings. The number of hydrogen-bond donors (Lipinski definition) is 0. The Labute approximate surface area is 274 Å². The smallest absolute Gasteiger partial charge is 0.338 e. The fourth-order valence-corrected chi connectivity index (χ4v) is 6.33. The van der Waals surface area contributed by atoms with Crippen LogP contribution in [0.2, 0.25) is 5.02 Å². The topological polar surface area (TPSA) is 121 Å². The van der Waals surface area contributed by atoms with Crippen molar-refractivity contribution in [3.63, 3.8) is 0 Å². The van der Waals surface area contributed by atoms with E-state index in [4.69, 9.17) is 40.5 Å². The zero-order valence-corrected chi connectivity index (χ0v) is 27.3. The van der Waals surface area contributed by atoms with E-state index in [0.29, 0.717) is 59.7 Å². The van der Waals surface area contributed by atoms with Gasteiger partial charge in [0.25, 0.3) is 5.56 Å². The number of allylic oxidation sites excluding steroid dienone is 1. The van der Waals surface area contributed by atoms with Gasteiger partial charge in [-0.2, -0.15) is 5.26 Å². The molecule has 236 valence electrons. The summed E-state index contributed by atoms with van der Waals surface area (Å²) < 4.78 is 30.0. The van der Waals surface area contributed by atoms with Gasteiger partial charge in [0.1, 0.15) is 12.4 Å². The number of nitriles is 1. The minimum Gasteiger partial charge on any atom is -0.493 e. The molecular formula is C34H30ClN3O7S. The second kappa shape index (κ2) is 13.9. The van der Waals surface area contributed by atoms with Crippen LogP contribution in [0.25, 0.3) is 6.08 Å². The Bertz CT molecular complexity index is 2030. The summed E-state index contributed by atoms with van der Waals surface area (Å²) in [5.74, 6) is 1.00. The number of thiazole rings is 1. The molecule has 0 saturated heterocycles. The zero-order chi connectivity index (χ0) is 33.0. The fraction of sp³-hybridized carbons (Fsp3) is 0.235. The van der Waals surface area contributed by atoms with Gasteiger partial charge in [0.2, 0.25) is 5.75 Å². The van der Waals surface area contributed by atoms with Crippen LogP contribution in [0.15, 0.2) is 75.7 Å². The van der Waals surface area contributed by atoms with Gasteiger partial charge in [-0.3, -0.25) is 9.36 Å². The van der Waals surface area contributed by atoms with E-state index in [1.54, 1.807) is 62.4 Å². The number of carbonyl (C=O) groups is 1. The Morgan fingerprint density at radius 1 is 1.04 bits per heavy atom. The standard InChI is InChI=1S/C34H30ClN3O7S/c1-6-44-33(40)29-19(2)37-34-38(30(29)23-14-26(41-3)31(43-5)27(15-23)42-4)32(39)28(46-34)16-22-13-24(35)11-12-25(22)45-18-21-9-7-20(17-36)8-10-21/h7-16,30H,6,18H2,1-5H3/b28-16+/t30-/m0/s1. The van der Waals surface area contributed by atoms with Crippen molar-refractivity contribution in [1.82, 2.24) is 4.57 Å². The normalized spacial score (nSPS) is 14.2. The highest BCUT2D eigenvalue weighted by Gasteiger charge is 2.34. The van der Waals surface area contributed by atoms with Crippen LogP contribution in [0, 0.1) is 11.3 Å². The Morgan fingerprint density at radius 2 is 1.74 bits per heavy atom. The molecule has 0 bridgehead atoms. The lowest BCUT2D eigenvalue weighted by atomic mass is 9.95. The molecule has 0 unspecified atom stereocenters. The summed E-state index contributed by atoms with van der Waals surface area (Å²) in [6.07, 6.45) is 1.69. The number of ether oxygens (including phenoxy) is 5. The van der Waals surface area contributed by atoms with Crippen LogP contribution in [0.3, 0.4) is 0 Å². The van der Waals surface area contributed by atoms with Crippen LogP contribution in [-0.4, -0.2) is 38.5 Å². The van der Waals surface area contributed by atoms with Crippen molar-refractivity contribution in [3.8, 4) is 29.1 Å². The van der Waals surface area contributed by atoms with Crippen LogP contribution in [-0.2, 0) is 16.1 Å². The van der Waals surface area contributed by atoms with E-state index < -0.39 is 12.0 Å². The van der Waals surface area contributed by atoms with Crippen molar-refractivity contribution in [1.29, 1.82) is 5.26 Å². The van der Waals surface area contributed by atoms with E-state index in [1.807, 2.05) is 12.1 Å². The summed E-state index contributed by atoms with van der Waals surface area (Å²) in [6, 6.07) is 16.8. The van der Waals surface area contributed by atoms with Crippen LogP contribution >= 0.6 is 22.9 Å². The van der Waals surface area contributed by atoms with E-state index in [-0.39, 0.29) is 24.3 Å². The van der Waals surface area contributed by atoms with Gasteiger partial charge in [-0.05, 0) is 73.5 Å². The molecule has 1 atom stereocenters. The molecule has 0 fully saturated rings. The van der Waals surface area contributed by atoms with Crippen LogP contribution in [0.4, 0.5) is 0 Å². The molecule has 12 heteroatoms. The molecule has 46 heavy (non-hydrogen) atoms. The molecule has 0 aliphatic carbocycles. The van der Waals surface area contributed by atoms with Gasteiger partial charge >= 0.3 is 5.97 Å². The predicted molar refractivity (Wildman–Crippen MR) is 173 cm³/mol. The molecule has 0 N–H and O–H groups in total. The number of carbonyl (C=O) groups excluding carboxylic acids is 1. The lowest BCUT2D eigenvalue weighted by molar-refractivity contribution is -0.139. The molecule has 0 saturated carbocycles. The summed E-state index contributed by atoms with van der Waals surface area (Å²) in [7, 11) is 4.48. The van der Waals surface area contributed by atoms with Crippen LogP contribution in [0.5, 0.6) is 23.0 Å². The van der Waals surface area contributed by atoms with Gasteiger partial charge in [0, 0.05) is 10.6 Å². The molecule has 0 amide bonds. The second-order valence-corrected chi connectivity index (χ2v) is 11.5. The highest BCUT2D eigenvalue weighted by atomic mass is 35.5. The van der Waals surface area contributed by atoms with Gasteiger partial charge in [-0.15, -0.1) is 0 Å². The third-order valence-electron chi connectivity index (χ3n) is 7.26. The molecule has 10 nitrogen and oxygen atoms in total. The van der Waals surface area contributed by atoms with Crippen molar-refractivity contribution in [3.05, 3.63) is 113 Å². The number of fused-ring (bicyclic) bond motifs is 1. The number of rotatable bonds is 10. The van der Waals surface area contributed by atoms with Crippen LogP contribution in [0.1, 0.15) is 42.1 Å². The summed E-state index contributed by atoms with van der Waals surface area (Å²) in [5.41, 5.74) is 2.79. The maximum atomic E-state index is 14.2. The Hall–Kier alpha value is -5.05. The SMILES string of the molecule is CCOC(=O)C1=C(C)N=c2s/c(=C/c3cc(Cl)ccc3OCc3ccc(C#N)cc3)c(=O)n2[C@H]1c1cc(OC)c(OC)c(OC)c1. The first-order valence-electron chi connectivity index (χ1n) is 14.1. The predicted octanol–water partition coefficient (Wildman–Crippen LogP) is 4.93. The number of aromatic nitrogens is 1. The minimum absolute atomic E-state index is 0.141. The van der Waals surface area contributed by atoms with E-state index in [0.717, 1.165) is 5.56 Å². The Kier molecular flexibility index (Phi) is 9.80. The van der Waals surface area contributed by atoms with Gasteiger partial charge in [-0.25, -0.2) is 9.79 Å². The lowest BCUT2D eigenvalue weighted by Crippen LogP contribution is -2.40. The molecule has 0 radical (unpaired) electrons. The molecule has 5 rings (SSSR count). The average Bonchev–Trinajstić information content (AvgIpc) is 3.36. The highest BCUT2D eigenvalue weighted by molar-refractivity contribution is 7.07. The highest BCUT2D eigenvalue weighted by Crippen LogP contribution is 2.42. The minimum atomic E-state index is -0.905. The van der Waals surface area contributed by atoms with Gasteiger partial charge in [0.15, 0.2) is 16.3 Å². The number of benzene rings is 3. The van der Waals surface area contributed by atoms with Gasteiger partial charge < -0.3 is 23.7 Å². The average molecular weight is 660 g/mol. The largest absolute Gasteiger partial charge is 0.493 e. The summed E-state index contributed by atoms with van der Waals surface area (Å²) in [5, 5.41) is 9.54. The number of esters is 1. The van der Waals surface area contributed by atoms with E-state index in [9.17, 15) is 9.59 Å². The van der Waals surface area contributed by atoms with Crippen molar-refractivity contribution < 1.29 is 28.5 Å². The third-order valence-corrected chi connectivity index (χ3v) is 8.47. The first-order valence-corrected chi connectivity index (χ1v) is 15.3. The number of methoxy groups -OCH3 is 3. The lowest BCUT2D eigenvalue weighted by Gasteiger charge is -2.26. The quantitative estimate of drug-likeness (QED) is 0.220. The zero-order valence-electron chi connectivity index (χ0n) is 25.8. The van der Waals surface area contributed by atoms with E-state index >= 15 is 0 Å². The van der Waals surface area contributed by atoms with Gasteiger partial charge in [-0.1, -0.05) is 35.1 Å². The van der Waals surface area contributed by atoms with Gasteiger partial charge in [0.05, 0.1) is 61.4 Å². The summed E-state index contributed by atoms with van der Waals surface area (Å²) >= 11 is 7.54. The van der Waals surface area contributed by atoms with Crippen LogP contribution < -0.4 is 33.8 Å². The first kappa shape index (κ1) is 32.3. The van der Waals surface area contributed by atoms with Crippen molar-refractivity contribution in [2.24, 2.45) is 4.99 Å². The molecule has 4 aromatic rings. The molecule has 1 aliphatic heterocycles. The van der Waals surface area contributed by atoms with E-state index in [1.165, 1.54) is 37.2 Å². The second-order valence-electron chi connectivity index (χ2n) is 10.0. The monoisotopic (exact) mass is 659 g/mol. The molecule has 0 spiro atoms. The van der Waals surface area contributed by atoms with Crippen molar-refractivity contribution >= 4 is 35.0 Å². The Morgan fingerprint density at radius 3 is 2.35 bits per heavy atom.